The summed E-state index contributed by atoms with van der Waals surface area (Å²) in [7, 11) is 1.73. The number of aryl methyl sites for hydroxylation is 2. The van der Waals surface area contributed by atoms with E-state index in [1.165, 1.54) is 18.4 Å². The van der Waals surface area contributed by atoms with Gasteiger partial charge in [-0.2, -0.15) is 0 Å². The Morgan fingerprint density at radius 1 is 1.05 bits per heavy atom. The Morgan fingerprint density at radius 2 is 1.74 bits per heavy atom. The summed E-state index contributed by atoms with van der Waals surface area (Å²) in [6, 6.07) is 0. The highest BCUT2D eigenvalue weighted by atomic mass is 32.2. The Bertz CT molecular complexity index is 362. The topological polar surface area (TPSA) is 47.0 Å². The molecule has 0 atom stereocenters. The molecule has 0 aliphatic carbocycles. The van der Waals surface area contributed by atoms with E-state index in [1.807, 2.05) is 13.8 Å². The number of unbranched alkanes of at least 4 members (excludes halogenated alkanes) is 1. The zero-order valence-electron chi connectivity index (χ0n) is 12.5. The van der Waals surface area contributed by atoms with Crippen LogP contribution in [-0.2, 0) is 4.74 Å². The molecule has 0 aliphatic rings. The summed E-state index contributed by atoms with van der Waals surface area (Å²) in [6.45, 7) is 8.94. The van der Waals surface area contributed by atoms with Crippen molar-refractivity contribution in [1.29, 1.82) is 0 Å². The average molecular weight is 283 g/mol. The van der Waals surface area contributed by atoms with Crippen LogP contribution in [0.4, 0.5) is 0 Å². The largest absolute Gasteiger partial charge is 0.383 e. The van der Waals surface area contributed by atoms with Crippen LogP contribution < -0.4 is 5.32 Å². The molecule has 0 saturated heterocycles. The van der Waals surface area contributed by atoms with Crippen molar-refractivity contribution < 1.29 is 4.74 Å². The van der Waals surface area contributed by atoms with Gasteiger partial charge in [-0.05, 0) is 45.7 Å². The number of methoxy groups -OCH3 is 1. The molecule has 0 spiro atoms. The maximum Gasteiger partial charge on any atom is 0.187 e. The van der Waals surface area contributed by atoms with Crippen molar-refractivity contribution in [2.24, 2.45) is 0 Å². The number of nitrogens with one attached hydrogen (secondary N) is 1. The molecule has 0 unspecified atom stereocenters. The predicted octanol–water partition coefficient (Wildman–Crippen LogP) is 2.51. The fourth-order valence-electron chi connectivity index (χ4n) is 1.62. The number of ether oxygens (including phenoxy) is 1. The first kappa shape index (κ1) is 16.4. The van der Waals surface area contributed by atoms with Crippen molar-refractivity contribution in [2.75, 3.05) is 32.6 Å². The molecule has 1 aromatic rings. The number of rotatable bonds is 9. The molecular weight excluding hydrogens is 258 g/mol. The third-order valence-electron chi connectivity index (χ3n) is 3.07. The molecule has 0 aromatic carbocycles. The first-order valence-corrected chi connectivity index (χ1v) is 7.78. The van der Waals surface area contributed by atoms with E-state index >= 15 is 0 Å². The SMILES string of the molecule is COCCNCCCCSc1nc(C)c(C)c(C)n1. The lowest BCUT2D eigenvalue weighted by Gasteiger charge is -2.07. The van der Waals surface area contributed by atoms with E-state index in [9.17, 15) is 0 Å². The van der Waals surface area contributed by atoms with E-state index in [-0.39, 0.29) is 0 Å². The van der Waals surface area contributed by atoms with Crippen LogP contribution in [0.1, 0.15) is 29.8 Å². The molecule has 0 bridgehead atoms. The predicted molar refractivity (Wildman–Crippen MR) is 80.9 cm³/mol. The Labute approximate surface area is 120 Å². The summed E-state index contributed by atoms with van der Waals surface area (Å²) >= 11 is 1.75. The molecule has 0 saturated carbocycles. The molecule has 4 nitrogen and oxygen atoms in total. The maximum absolute atomic E-state index is 4.98. The van der Waals surface area contributed by atoms with Gasteiger partial charge in [-0.25, -0.2) is 9.97 Å². The number of aromatic nitrogens is 2. The molecule has 108 valence electrons. The summed E-state index contributed by atoms with van der Waals surface area (Å²) in [6.07, 6.45) is 2.36. The van der Waals surface area contributed by atoms with Crippen LogP contribution in [0.5, 0.6) is 0 Å². The third-order valence-corrected chi connectivity index (χ3v) is 4.01. The number of hydrogen-bond acceptors (Lipinski definition) is 5. The third kappa shape index (κ3) is 6.36. The second-order valence-electron chi connectivity index (χ2n) is 4.60. The lowest BCUT2D eigenvalue weighted by molar-refractivity contribution is 0.199. The summed E-state index contributed by atoms with van der Waals surface area (Å²) in [5.74, 6) is 1.08. The fraction of sp³-hybridized carbons (Fsp3) is 0.714. The van der Waals surface area contributed by atoms with Gasteiger partial charge in [-0.1, -0.05) is 11.8 Å². The molecule has 0 fully saturated rings. The minimum absolute atomic E-state index is 0.782. The standard InChI is InChI=1S/C14H25N3OS/c1-11-12(2)16-14(17-13(11)3)19-10-6-5-7-15-8-9-18-4/h15H,5-10H2,1-4H3. The molecule has 1 heterocycles. The van der Waals surface area contributed by atoms with Crippen LogP contribution in [0.3, 0.4) is 0 Å². The highest BCUT2D eigenvalue weighted by Gasteiger charge is 2.04. The van der Waals surface area contributed by atoms with Crippen LogP contribution >= 0.6 is 11.8 Å². The summed E-state index contributed by atoms with van der Waals surface area (Å²) in [4.78, 5) is 9.02. The summed E-state index contributed by atoms with van der Waals surface area (Å²) < 4.78 is 4.98. The van der Waals surface area contributed by atoms with E-state index in [4.69, 9.17) is 4.74 Å². The van der Waals surface area contributed by atoms with Gasteiger partial charge in [-0.15, -0.1) is 0 Å². The Morgan fingerprint density at radius 3 is 2.37 bits per heavy atom. The van der Waals surface area contributed by atoms with Gasteiger partial charge in [0.05, 0.1) is 6.61 Å². The van der Waals surface area contributed by atoms with Crippen molar-refractivity contribution >= 4 is 11.8 Å². The van der Waals surface area contributed by atoms with Crippen LogP contribution in [-0.4, -0.2) is 42.5 Å². The first-order chi connectivity index (χ1) is 9.15. The van der Waals surface area contributed by atoms with Gasteiger partial charge in [0.25, 0.3) is 0 Å². The lowest BCUT2D eigenvalue weighted by atomic mass is 10.2. The molecule has 1 N–H and O–H groups in total. The van der Waals surface area contributed by atoms with E-state index in [0.29, 0.717) is 0 Å². The summed E-state index contributed by atoms with van der Waals surface area (Å²) in [5, 5.41) is 4.26. The van der Waals surface area contributed by atoms with Crippen molar-refractivity contribution in [3.63, 3.8) is 0 Å². The molecule has 0 amide bonds. The molecule has 1 rings (SSSR count). The second-order valence-corrected chi connectivity index (χ2v) is 5.66. The number of nitrogens with zero attached hydrogens (tertiary/aromatic N) is 2. The van der Waals surface area contributed by atoms with Gasteiger partial charge >= 0.3 is 0 Å². The second kappa shape index (κ2) is 9.28. The van der Waals surface area contributed by atoms with Crippen molar-refractivity contribution in [2.45, 2.75) is 38.8 Å². The molecule has 5 heteroatoms. The number of thioether (sulfide) groups is 1. The quantitative estimate of drug-likeness (QED) is 0.429. The van der Waals surface area contributed by atoms with Gasteiger partial charge in [0.2, 0.25) is 0 Å². The molecule has 0 radical (unpaired) electrons. The van der Waals surface area contributed by atoms with Gasteiger partial charge < -0.3 is 10.1 Å². The van der Waals surface area contributed by atoms with Gasteiger partial charge in [-0.3, -0.25) is 0 Å². The minimum atomic E-state index is 0.782. The van der Waals surface area contributed by atoms with E-state index in [0.717, 1.165) is 42.0 Å². The summed E-state index contributed by atoms with van der Waals surface area (Å²) in [5.41, 5.74) is 3.39. The van der Waals surface area contributed by atoms with Crippen LogP contribution in [0.15, 0.2) is 5.16 Å². The fourth-order valence-corrected chi connectivity index (χ4v) is 2.55. The van der Waals surface area contributed by atoms with Crippen LogP contribution in [0.25, 0.3) is 0 Å². The lowest BCUT2D eigenvalue weighted by Crippen LogP contribution is -2.20. The highest BCUT2D eigenvalue weighted by Crippen LogP contribution is 2.18. The monoisotopic (exact) mass is 283 g/mol. The van der Waals surface area contributed by atoms with Crippen molar-refractivity contribution in [3.8, 4) is 0 Å². The van der Waals surface area contributed by atoms with Gasteiger partial charge in [0, 0.05) is 30.8 Å². The molecule has 1 aromatic heterocycles. The van der Waals surface area contributed by atoms with E-state index < -0.39 is 0 Å². The zero-order chi connectivity index (χ0) is 14.1. The molecule has 0 aliphatic heterocycles. The van der Waals surface area contributed by atoms with Crippen LogP contribution in [0.2, 0.25) is 0 Å². The molecule has 19 heavy (non-hydrogen) atoms. The normalized spacial score (nSPS) is 10.9. The minimum Gasteiger partial charge on any atom is -0.383 e. The van der Waals surface area contributed by atoms with Crippen LogP contribution in [0, 0.1) is 20.8 Å². The maximum atomic E-state index is 4.98. The Balaban J connectivity index is 2.16. The van der Waals surface area contributed by atoms with E-state index in [1.54, 1.807) is 18.9 Å². The smallest absolute Gasteiger partial charge is 0.187 e. The highest BCUT2D eigenvalue weighted by molar-refractivity contribution is 7.99. The number of hydrogen-bond donors (Lipinski definition) is 1. The van der Waals surface area contributed by atoms with Crippen molar-refractivity contribution in [3.05, 3.63) is 17.0 Å². The average Bonchev–Trinajstić information content (AvgIpc) is 2.39. The zero-order valence-corrected chi connectivity index (χ0v) is 13.3. The Kier molecular flexibility index (Phi) is 8.02. The Hall–Kier alpha value is -0.650. The van der Waals surface area contributed by atoms with E-state index in [2.05, 4.69) is 22.2 Å². The molecular formula is C14H25N3OS. The van der Waals surface area contributed by atoms with Crippen molar-refractivity contribution in [1.82, 2.24) is 15.3 Å². The first-order valence-electron chi connectivity index (χ1n) is 6.79. The van der Waals surface area contributed by atoms with Gasteiger partial charge in [0.15, 0.2) is 5.16 Å². The van der Waals surface area contributed by atoms with Gasteiger partial charge in [0.1, 0.15) is 0 Å².